The van der Waals surface area contributed by atoms with Crippen LogP contribution in [0.2, 0.25) is 5.02 Å². The highest BCUT2D eigenvalue weighted by molar-refractivity contribution is 6.30. The molecule has 0 aliphatic heterocycles. The standard InChI is InChI=1S/C24H20ClN3O2/c1-29-23-7-3-2-6-22(23)28-24(16-8-10-17(25)11-9-16)20-13-19(14-21(20)27-28)30-18-5-4-12-26-15-18/h2-12,15,19H,13-14H2,1H3/t19-/m0/s1. The molecule has 2 heterocycles. The predicted octanol–water partition coefficient (Wildman–Crippen LogP) is 5.14. The van der Waals surface area contributed by atoms with Gasteiger partial charge in [-0.05, 0) is 36.4 Å². The topological polar surface area (TPSA) is 49.2 Å². The van der Waals surface area contributed by atoms with Crippen LogP contribution in [0.3, 0.4) is 0 Å². The smallest absolute Gasteiger partial charge is 0.144 e. The van der Waals surface area contributed by atoms with Gasteiger partial charge in [0.1, 0.15) is 23.3 Å². The van der Waals surface area contributed by atoms with Gasteiger partial charge in [0, 0.05) is 35.2 Å². The maximum Gasteiger partial charge on any atom is 0.144 e. The number of para-hydroxylation sites is 2. The third kappa shape index (κ3) is 3.42. The second kappa shape index (κ2) is 7.84. The molecule has 0 N–H and O–H groups in total. The van der Waals surface area contributed by atoms with E-state index in [0.29, 0.717) is 5.02 Å². The van der Waals surface area contributed by atoms with Crippen molar-refractivity contribution in [2.24, 2.45) is 0 Å². The number of methoxy groups -OCH3 is 1. The SMILES string of the molecule is COc1ccccc1-n1nc2c(c1-c1ccc(Cl)cc1)C[C@H](Oc1cccnc1)C2. The van der Waals surface area contributed by atoms with Crippen LogP contribution in [0.25, 0.3) is 16.9 Å². The van der Waals surface area contributed by atoms with Gasteiger partial charge in [-0.1, -0.05) is 35.9 Å². The molecule has 0 unspecified atom stereocenters. The zero-order valence-corrected chi connectivity index (χ0v) is 17.2. The van der Waals surface area contributed by atoms with E-state index in [2.05, 4.69) is 4.98 Å². The van der Waals surface area contributed by atoms with Crippen LogP contribution in [0.5, 0.6) is 11.5 Å². The Balaban J connectivity index is 1.58. The van der Waals surface area contributed by atoms with E-state index < -0.39 is 0 Å². The molecular weight excluding hydrogens is 398 g/mol. The number of benzene rings is 2. The molecule has 30 heavy (non-hydrogen) atoms. The second-order valence-electron chi connectivity index (χ2n) is 7.20. The summed E-state index contributed by atoms with van der Waals surface area (Å²) >= 11 is 6.14. The van der Waals surface area contributed by atoms with Crippen molar-refractivity contribution in [3.63, 3.8) is 0 Å². The van der Waals surface area contributed by atoms with Gasteiger partial charge in [-0.2, -0.15) is 5.10 Å². The summed E-state index contributed by atoms with van der Waals surface area (Å²) in [5.74, 6) is 1.55. The normalized spacial score (nSPS) is 15.1. The molecule has 2 aromatic carbocycles. The maximum atomic E-state index is 6.16. The quantitative estimate of drug-likeness (QED) is 0.451. The first kappa shape index (κ1) is 18.7. The molecule has 5 rings (SSSR count). The average Bonchev–Trinajstić information content (AvgIpc) is 3.32. The summed E-state index contributed by atoms with van der Waals surface area (Å²) in [6.07, 6.45) is 5.03. The highest BCUT2D eigenvalue weighted by Gasteiger charge is 2.32. The van der Waals surface area contributed by atoms with Crippen molar-refractivity contribution in [3.8, 4) is 28.4 Å². The lowest BCUT2D eigenvalue weighted by Gasteiger charge is -2.16. The Morgan fingerprint density at radius 3 is 2.60 bits per heavy atom. The molecule has 0 bridgehead atoms. The van der Waals surface area contributed by atoms with E-state index in [1.54, 1.807) is 19.5 Å². The fourth-order valence-corrected chi connectivity index (χ4v) is 4.09. The second-order valence-corrected chi connectivity index (χ2v) is 7.64. The summed E-state index contributed by atoms with van der Waals surface area (Å²) in [7, 11) is 1.68. The Labute approximate surface area is 179 Å². The van der Waals surface area contributed by atoms with Crippen molar-refractivity contribution in [1.29, 1.82) is 0 Å². The van der Waals surface area contributed by atoms with Crippen LogP contribution < -0.4 is 9.47 Å². The molecule has 6 heteroatoms. The Kier molecular flexibility index (Phi) is 4.89. The van der Waals surface area contributed by atoms with Gasteiger partial charge in [0.2, 0.25) is 0 Å². The van der Waals surface area contributed by atoms with E-state index in [4.69, 9.17) is 26.2 Å². The van der Waals surface area contributed by atoms with E-state index >= 15 is 0 Å². The molecule has 150 valence electrons. The first-order valence-corrected chi connectivity index (χ1v) is 10.2. The van der Waals surface area contributed by atoms with Gasteiger partial charge < -0.3 is 9.47 Å². The monoisotopic (exact) mass is 417 g/mol. The third-order valence-corrected chi connectivity index (χ3v) is 5.54. The minimum absolute atomic E-state index is 0.0325. The minimum atomic E-state index is 0.0325. The summed E-state index contributed by atoms with van der Waals surface area (Å²) in [6.45, 7) is 0. The zero-order chi connectivity index (χ0) is 20.5. The number of rotatable bonds is 5. The summed E-state index contributed by atoms with van der Waals surface area (Å²) in [4.78, 5) is 4.14. The van der Waals surface area contributed by atoms with Gasteiger partial charge >= 0.3 is 0 Å². The van der Waals surface area contributed by atoms with Crippen LogP contribution in [-0.2, 0) is 12.8 Å². The number of hydrogen-bond donors (Lipinski definition) is 0. The Morgan fingerprint density at radius 2 is 1.83 bits per heavy atom. The minimum Gasteiger partial charge on any atom is -0.494 e. The number of halogens is 1. The molecule has 1 aliphatic carbocycles. The lowest BCUT2D eigenvalue weighted by molar-refractivity contribution is 0.211. The first-order chi connectivity index (χ1) is 14.7. The summed E-state index contributed by atoms with van der Waals surface area (Å²) in [5, 5.41) is 5.67. The van der Waals surface area contributed by atoms with Crippen LogP contribution in [0.1, 0.15) is 11.3 Å². The van der Waals surface area contributed by atoms with Crippen LogP contribution in [0.4, 0.5) is 0 Å². The van der Waals surface area contributed by atoms with Crippen molar-refractivity contribution < 1.29 is 9.47 Å². The van der Waals surface area contributed by atoms with E-state index in [-0.39, 0.29) is 6.10 Å². The van der Waals surface area contributed by atoms with Crippen molar-refractivity contribution >= 4 is 11.6 Å². The third-order valence-electron chi connectivity index (χ3n) is 5.29. The molecule has 0 amide bonds. The molecular formula is C24H20ClN3O2. The fourth-order valence-electron chi connectivity index (χ4n) is 3.97. The maximum absolute atomic E-state index is 6.16. The molecule has 0 saturated heterocycles. The number of aromatic nitrogens is 3. The Morgan fingerprint density at radius 1 is 1.00 bits per heavy atom. The number of fused-ring (bicyclic) bond motifs is 1. The van der Waals surface area contributed by atoms with Crippen molar-refractivity contribution in [2.75, 3.05) is 7.11 Å². The number of hydrogen-bond acceptors (Lipinski definition) is 4. The summed E-state index contributed by atoms with van der Waals surface area (Å²) in [5.41, 5.74) is 5.24. The highest BCUT2D eigenvalue weighted by Crippen LogP contribution is 2.37. The van der Waals surface area contributed by atoms with Gasteiger partial charge in [-0.3, -0.25) is 4.98 Å². The van der Waals surface area contributed by atoms with Gasteiger partial charge in [0.15, 0.2) is 0 Å². The number of pyridine rings is 1. The van der Waals surface area contributed by atoms with E-state index in [0.717, 1.165) is 47.0 Å². The molecule has 0 fully saturated rings. The molecule has 2 aromatic heterocycles. The lowest BCUT2D eigenvalue weighted by Crippen LogP contribution is -2.18. The summed E-state index contributed by atoms with van der Waals surface area (Å²) in [6, 6.07) is 19.6. The van der Waals surface area contributed by atoms with Gasteiger partial charge in [-0.25, -0.2) is 4.68 Å². The molecule has 1 aliphatic rings. The van der Waals surface area contributed by atoms with Gasteiger partial charge in [-0.15, -0.1) is 0 Å². The van der Waals surface area contributed by atoms with Crippen molar-refractivity contribution in [2.45, 2.75) is 18.9 Å². The zero-order valence-electron chi connectivity index (χ0n) is 16.5. The van der Waals surface area contributed by atoms with E-state index in [9.17, 15) is 0 Å². The predicted molar refractivity (Wildman–Crippen MR) is 117 cm³/mol. The fraction of sp³-hybridized carbons (Fsp3) is 0.167. The van der Waals surface area contributed by atoms with Crippen LogP contribution >= 0.6 is 11.6 Å². The largest absolute Gasteiger partial charge is 0.494 e. The highest BCUT2D eigenvalue weighted by atomic mass is 35.5. The van der Waals surface area contributed by atoms with E-state index in [1.807, 2.05) is 65.3 Å². The van der Waals surface area contributed by atoms with Crippen LogP contribution in [0, 0.1) is 0 Å². The van der Waals surface area contributed by atoms with Gasteiger partial charge in [0.25, 0.3) is 0 Å². The van der Waals surface area contributed by atoms with Crippen molar-refractivity contribution in [3.05, 3.63) is 89.3 Å². The molecule has 1 atom stereocenters. The number of ether oxygens (including phenoxy) is 2. The number of nitrogens with zero attached hydrogens (tertiary/aromatic N) is 3. The molecule has 4 aromatic rings. The van der Waals surface area contributed by atoms with Crippen LogP contribution in [-0.4, -0.2) is 28.0 Å². The summed E-state index contributed by atoms with van der Waals surface area (Å²) < 4.78 is 13.7. The van der Waals surface area contributed by atoms with Gasteiger partial charge in [0.05, 0.1) is 24.7 Å². The lowest BCUT2D eigenvalue weighted by atomic mass is 10.1. The Hall–Kier alpha value is -3.31. The van der Waals surface area contributed by atoms with Crippen LogP contribution in [0.15, 0.2) is 73.1 Å². The Bertz CT molecular complexity index is 1170. The molecule has 0 spiro atoms. The average molecular weight is 418 g/mol. The first-order valence-electron chi connectivity index (χ1n) is 9.79. The molecule has 0 radical (unpaired) electrons. The molecule has 0 saturated carbocycles. The molecule has 5 nitrogen and oxygen atoms in total. The van der Waals surface area contributed by atoms with Crippen molar-refractivity contribution in [1.82, 2.24) is 14.8 Å². The van der Waals surface area contributed by atoms with E-state index in [1.165, 1.54) is 5.56 Å².